The minimum absolute atomic E-state index is 0.0843. The van der Waals surface area contributed by atoms with E-state index in [1.165, 1.54) is 0 Å². The van der Waals surface area contributed by atoms with Crippen LogP contribution in [0.5, 0.6) is 0 Å². The van der Waals surface area contributed by atoms with Gasteiger partial charge in [-0.1, -0.05) is 18.2 Å². The zero-order valence-electron chi connectivity index (χ0n) is 20.8. The number of benzene rings is 1. The van der Waals surface area contributed by atoms with Crippen LogP contribution >= 0.6 is 0 Å². The monoisotopic (exact) mass is 454 g/mol. The number of pyridine rings is 1. The fourth-order valence-corrected chi connectivity index (χ4v) is 4.48. The summed E-state index contributed by atoms with van der Waals surface area (Å²) in [7, 11) is -0.619. The Balaban J connectivity index is 1.66. The Hall–Kier alpha value is -2.32. The molecule has 1 atom stereocenters. The lowest BCUT2D eigenvalue weighted by Gasteiger charge is -2.32. The Labute approximate surface area is 196 Å². The lowest BCUT2D eigenvalue weighted by atomic mass is 9.76. The highest BCUT2D eigenvalue weighted by Crippen LogP contribution is 2.36. The molecule has 2 aliphatic heterocycles. The Bertz CT molecular complexity index is 1100. The van der Waals surface area contributed by atoms with E-state index < -0.39 is 23.9 Å². The zero-order valence-corrected chi connectivity index (χ0v) is 20.8. The van der Waals surface area contributed by atoms with Gasteiger partial charge in [-0.2, -0.15) is 0 Å². The molecule has 0 radical (unpaired) electrons. The van der Waals surface area contributed by atoms with Crippen molar-refractivity contribution in [1.29, 1.82) is 0 Å². The molecule has 178 valence electrons. The Morgan fingerprint density at radius 2 is 1.82 bits per heavy atom. The summed E-state index contributed by atoms with van der Waals surface area (Å²) in [6.45, 7) is 14.7. The molecule has 2 aliphatic rings. The molecule has 3 heterocycles. The molecule has 8 heteroatoms. The van der Waals surface area contributed by atoms with Gasteiger partial charge in [0.1, 0.15) is 5.60 Å². The largest absolute Gasteiger partial charge is 0.495 e. The smallest absolute Gasteiger partial charge is 0.444 e. The first-order valence-corrected chi connectivity index (χ1v) is 11.8. The van der Waals surface area contributed by atoms with Crippen LogP contribution in [0.3, 0.4) is 0 Å². The van der Waals surface area contributed by atoms with Crippen LogP contribution < -0.4 is 11.0 Å². The van der Waals surface area contributed by atoms with Crippen LogP contribution in [0.1, 0.15) is 61.3 Å². The minimum Gasteiger partial charge on any atom is -0.444 e. The highest BCUT2D eigenvalue weighted by Gasteiger charge is 2.52. The number of fused-ring (bicyclic) bond motifs is 1. The molecule has 4 rings (SSSR count). The molecule has 0 N–H and O–H groups in total. The predicted octanol–water partition coefficient (Wildman–Crippen LogP) is 3.70. The third kappa shape index (κ3) is 4.55. The van der Waals surface area contributed by atoms with E-state index in [0.29, 0.717) is 18.5 Å². The van der Waals surface area contributed by atoms with Gasteiger partial charge in [-0.05, 0) is 78.2 Å². The maximum absolute atomic E-state index is 13.6. The lowest BCUT2D eigenvalue weighted by Crippen LogP contribution is -2.43. The summed E-state index contributed by atoms with van der Waals surface area (Å²) in [5, 5.41) is 1.44. The number of aromatic nitrogens is 1. The van der Waals surface area contributed by atoms with E-state index in [0.717, 1.165) is 23.7 Å². The Kier molecular flexibility index (Phi) is 5.90. The van der Waals surface area contributed by atoms with E-state index in [-0.39, 0.29) is 17.7 Å². The van der Waals surface area contributed by atoms with Gasteiger partial charge < -0.3 is 23.5 Å². The average Bonchev–Trinajstić information content (AvgIpc) is 3.24. The Morgan fingerprint density at radius 1 is 1.15 bits per heavy atom. The normalized spacial score (nSPS) is 22.2. The first kappa shape index (κ1) is 23.8. The second kappa shape index (κ2) is 8.17. The van der Waals surface area contributed by atoms with Crippen molar-refractivity contribution in [3.05, 3.63) is 40.8 Å². The van der Waals surface area contributed by atoms with Crippen LogP contribution in [0.25, 0.3) is 10.8 Å². The quantitative estimate of drug-likeness (QED) is 0.662. The first-order valence-electron chi connectivity index (χ1n) is 11.8. The molecular formula is C25H35BN2O5. The van der Waals surface area contributed by atoms with E-state index in [1.54, 1.807) is 9.47 Å². The summed E-state index contributed by atoms with van der Waals surface area (Å²) < 4.78 is 19.8. The molecule has 2 saturated heterocycles. The van der Waals surface area contributed by atoms with Crippen LogP contribution in [-0.4, -0.2) is 52.1 Å². The SMILES string of the molecule is CC(C)(C)OC(=O)N1CCCC1Cn1ccc2cccc(B3OC(C)(C)C(C)(C)O3)c2c1=O. The predicted molar refractivity (Wildman–Crippen MR) is 130 cm³/mol. The molecule has 2 fully saturated rings. The molecule has 0 saturated carbocycles. The van der Waals surface area contributed by atoms with E-state index in [2.05, 4.69) is 0 Å². The summed E-state index contributed by atoms with van der Waals surface area (Å²) >= 11 is 0. The Morgan fingerprint density at radius 3 is 2.45 bits per heavy atom. The number of carbonyl (C=O) groups is 1. The van der Waals surface area contributed by atoms with Gasteiger partial charge in [0.15, 0.2) is 0 Å². The average molecular weight is 454 g/mol. The van der Waals surface area contributed by atoms with Gasteiger partial charge in [-0.15, -0.1) is 0 Å². The summed E-state index contributed by atoms with van der Waals surface area (Å²) in [6.07, 6.45) is 3.22. The van der Waals surface area contributed by atoms with Crippen molar-refractivity contribution in [3.8, 4) is 0 Å². The van der Waals surface area contributed by atoms with Crippen molar-refractivity contribution in [1.82, 2.24) is 9.47 Å². The summed E-state index contributed by atoms with van der Waals surface area (Å²) in [6, 6.07) is 7.61. The zero-order chi connectivity index (χ0) is 24.2. The molecule has 1 unspecified atom stereocenters. The van der Waals surface area contributed by atoms with Gasteiger partial charge >= 0.3 is 13.2 Å². The third-order valence-electron chi connectivity index (χ3n) is 6.96. The van der Waals surface area contributed by atoms with Crippen LogP contribution in [0.4, 0.5) is 4.79 Å². The van der Waals surface area contributed by atoms with Gasteiger partial charge in [-0.3, -0.25) is 4.79 Å². The van der Waals surface area contributed by atoms with Gasteiger partial charge in [0.2, 0.25) is 0 Å². The van der Waals surface area contributed by atoms with Crippen molar-refractivity contribution < 1.29 is 18.8 Å². The number of hydrogen-bond acceptors (Lipinski definition) is 5. The number of nitrogens with zero attached hydrogens (tertiary/aromatic N) is 2. The number of likely N-dealkylation sites (tertiary alicyclic amines) is 1. The van der Waals surface area contributed by atoms with E-state index in [4.69, 9.17) is 14.0 Å². The second-order valence-electron chi connectivity index (χ2n) is 11.1. The van der Waals surface area contributed by atoms with Crippen LogP contribution in [0.15, 0.2) is 35.3 Å². The van der Waals surface area contributed by atoms with Gasteiger partial charge in [0.25, 0.3) is 5.56 Å². The summed E-state index contributed by atoms with van der Waals surface area (Å²) in [5.41, 5.74) is -0.909. The molecule has 1 amide bonds. The third-order valence-corrected chi connectivity index (χ3v) is 6.96. The standard InChI is InChI=1S/C25H35BN2O5/c1-23(2,3)31-22(30)28-14-9-11-18(28)16-27-15-13-17-10-8-12-19(20(17)21(27)29)26-32-24(4,5)25(6,7)33-26/h8,10,12-13,15,18H,9,11,14,16H2,1-7H3. The van der Waals surface area contributed by atoms with Gasteiger partial charge in [0.05, 0.1) is 17.2 Å². The van der Waals surface area contributed by atoms with Crippen molar-refractivity contribution in [2.45, 2.75) is 90.7 Å². The highest BCUT2D eigenvalue weighted by atomic mass is 16.7. The fraction of sp³-hybridized carbons (Fsp3) is 0.600. The maximum Gasteiger partial charge on any atom is 0.495 e. The van der Waals surface area contributed by atoms with Crippen molar-refractivity contribution in [2.75, 3.05) is 6.54 Å². The van der Waals surface area contributed by atoms with Crippen molar-refractivity contribution in [3.63, 3.8) is 0 Å². The molecule has 0 aliphatic carbocycles. The molecule has 0 spiro atoms. The minimum atomic E-state index is -0.619. The molecule has 0 bridgehead atoms. The lowest BCUT2D eigenvalue weighted by molar-refractivity contribution is 0.00578. The summed E-state index contributed by atoms with van der Waals surface area (Å²) in [5.74, 6) is 0. The second-order valence-corrected chi connectivity index (χ2v) is 11.1. The topological polar surface area (TPSA) is 70.0 Å². The van der Waals surface area contributed by atoms with Crippen LogP contribution in [0.2, 0.25) is 0 Å². The van der Waals surface area contributed by atoms with Gasteiger partial charge in [0, 0.05) is 24.7 Å². The maximum atomic E-state index is 13.6. The number of amides is 1. The number of carbonyl (C=O) groups excluding carboxylic acids is 1. The molecule has 1 aromatic heterocycles. The van der Waals surface area contributed by atoms with Crippen molar-refractivity contribution in [2.24, 2.45) is 0 Å². The number of rotatable bonds is 3. The number of ether oxygens (including phenoxy) is 1. The molecule has 1 aromatic carbocycles. The molecule has 33 heavy (non-hydrogen) atoms. The van der Waals surface area contributed by atoms with E-state index >= 15 is 0 Å². The van der Waals surface area contributed by atoms with Crippen molar-refractivity contribution >= 4 is 29.4 Å². The van der Waals surface area contributed by atoms with E-state index in [1.807, 2.05) is 78.9 Å². The van der Waals surface area contributed by atoms with Gasteiger partial charge in [-0.25, -0.2) is 4.79 Å². The first-order chi connectivity index (χ1) is 15.3. The fourth-order valence-electron chi connectivity index (χ4n) is 4.48. The van der Waals surface area contributed by atoms with E-state index in [9.17, 15) is 9.59 Å². The number of hydrogen-bond donors (Lipinski definition) is 0. The molecular weight excluding hydrogens is 419 g/mol. The molecule has 2 aromatic rings. The van der Waals surface area contributed by atoms with Crippen LogP contribution in [-0.2, 0) is 20.6 Å². The summed E-state index contributed by atoms with van der Waals surface area (Å²) in [4.78, 5) is 28.1. The highest BCUT2D eigenvalue weighted by molar-refractivity contribution is 6.65. The molecule has 7 nitrogen and oxygen atoms in total. The van der Waals surface area contributed by atoms with Crippen LogP contribution in [0, 0.1) is 0 Å².